The largest absolute Gasteiger partial charge is 0.0986 e. The molecule has 11 heavy (non-hydrogen) atoms. The summed E-state index contributed by atoms with van der Waals surface area (Å²) in [6, 6.07) is 5.40. The second kappa shape index (κ2) is 4.05. The molecule has 0 aliphatic rings. The van der Waals surface area contributed by atoms with Crippen LogP contribution in [0.4, 0.5) is 0 Å². The highest BCUT2D eigenvalue weighted by Gasteiger charge is 1.95. The van der Waals surface area contributed by atoms with Crippen molar-refractivity contribution in [3.8, 4) is 0 Å². The van der Waals surface area contributed by atoms with Crippen LogP contribution < -0.4 is 0 Å². The average Bonchev–Trinajstić information content (AvgIpc) is 1.85. The summed E-state index contributed by atoms with van der Waals surface area (Å²) in [4.78, 5) is 1.01. The van der Waals surface area contributed by atoms with E-state index >= 15 is 0 Å². The standard InChI is InChI=1S/C8H6Cl2S/c1-2-11-8-4-6(9)3-7(10)5-8/h2-5H,1H2. The molecular weight excluding hydrogens is 199 g/mol. The second-order valence-corrected chi connectivity index (χ2v) is 3.80. The zero-order valence-electron chi connectivity index (χ0n) is 5.68. The lowest BCUT2D eigenvalue weighted by Gasteiger charge is -1.97. The molecule has 0 aliphatic carbocycles. The minimum absolute atomic E-state index is 0.654. The second-order valence-electron chi connectivity index (χ2n) is 1.89. The molecule has 0 saturated heterocycles. The molecule has 3 heteroatoms. The third kappa shape index (κ3) is 2.78. The molecule has 0 saturated carbocycles. The van der Waals surface area contributed by atoms with Gasteiger partial charge >= 0.3 is 0 Å². The number of hydrogen-bond donors (Lipinski definition) is 0. The van der Waals surface area contributed by atoms with Gasteiger partial charge in [0.05, 0.1) is 0 Å². The molecule has 0 atom stereocenters. The smallest absolute Gasteiger partial charge is 0.0432 e. The van der Waals surface area contributed by atoms with Gasteiger partial charge in [0.15, 0.2) is 0 Å². The van der Waals surface area contributed by atoms with Crippen molar-refractivity contribution in [2.75, 3.05) is 0 Å². The summed E-state index contributed by atoms with van der Waals surface area (Å²) in [6.07, 6.45) is 0. The van der Waals surface area contributed by atoms with E-state index in [-0.39, 0.29) is 0 Å². The van der Waals surface area contributed by atoms with Gasteiger partial charge in [0, 0.05) is 14.9 Å². The Labute approximate surface area is 80.2 Å². The van der Waals surface area contributed by atoms with Crippen molar-refractivity contribution in [2.24, 2.45) is 0 Å². The molecule has 0 radical (unpaired) electrons. The first-order valence-electron chi connectivity index (χ1n) is 2.96. The van der Waals surface area contributed by atoms with Gasteiger partial charge in [-0.05, 0) is 23.6 Å². The fraction of sp³-hybridized carbons (Fsp3) is 0. The quantitative estimate of drug-likeness (QED) is 0.651. The van der Waals surface area contributed by atoms with Crippen LogP contribution in [-0.2, 0) is 0 Å². The Bertz CT molecular complexity index is 251. The highest BCUT2D eigenvalue weighted by Crippen LogP contribution is 2.26. The maximum Gasteiger partial charge on any atom is 0.0432 e. The summed E-state index contributed by atoms with van der Waals surface area (Å²) in [7, 11) is 0. The summed E-state index contributed by atoms with van der Waals surface area (Å²) in [5, 5.41) is 3.05. The van der Waals surface area contributed by atoms with Gasteiger partial charge in [-0.2, -0.15) is 0 Å². The average molecular weight is 205 g/mol. The van der Waals surface area contributed by atoms with E-state index < -0.39 is 0 Å². The van der Waals surface area contributed by atoms with Crippen molar-refractivity contribution in [3.63, 3.8) is 0 Å². The van der Waals surface area contributed by atoms with Gasteiger partial charge < -0.3 is 0 Å². The lowest BCUT2D eigenvalue weighted by Crippen LogP contribution is -1.69. The zero-order chi connectivity index (χ0) is 8.27. The summed E-state index contributed by atoms with van der Waals surface area (Å²) >= 11 is 13.0. The first kappa shape index (κ1) is 8.98. The number of thioether (sulfide) groups is 1. The fourth-order valence-corrected chi connectivity index (χ4v) is 1.93. The van der Waals surface area contributed by atoms with E-state index in [4.69, 9.17) is 23.2 Å². The van der Waals surface area contributed by atoms with Crippen LogP contribution in [0.3, 0.4) is 0 Å². The first-order valence-corrected chi connectivity index (χ1v) is 4.59. The van der Waals surface area contributed by atoms with Crippen LogP contribution in [0.1, 0.15) is 0 Å². The van der Waals surface area contributed by atoms with E-state index in [9.17, 15) is 0 Å². The van der Waals surface area contributed by atoms with Crippen molar-refractivity contribution in [2.45, 2.75) is 4.90 Å². The molecule has 1 aromatic rings. The van der Waals surface area contributed by atoms with Crippen molar-refractivity contribution >= 4 is 35.0 Å². The predicted octanol–water partition coefficient (Wildman–Crippen LogP) is 4.23. The van der Waals surface area contributed by atoms with Gasteiger partial charge in [0.25, 0.3) is 0 Å². The molecule has 0 amide bonds. The monoisotopic (exact) mass is 204 g/mol. The molecule has 58 valence electrons. The Morgan fingerprint density at radius 3 is 2.18 bits per heavy atom. The molecule has 0 N–H and O–H groups in total. The lowest BCUT2D eigenvalue weighted by atomic mass is 10.4. The van der Waals surface area contributed by atoms with Gasteiger partial charge in [0.2, 0.25) is 0 Å². The first-order chi connectivity index (χ1) is 5.22. The van der Waals surface area contributed by atoms with Gasteiger partial charge in [-0.15, -0.1) is 0 Å². The van der Waals surface area contributed by atoms with E-state index in [1.807, 2.05) is 12.1 Å². The number of halogens is 2. The van der Waals surface area contributed by atoms with Crippen LogP contribution in [0.2, 0.25) is 10.0 Å². The van der Waals surface area contributed by atoms with Gasteiger partial charge in [-0.1, -0.05) is 41.5 Å². The van der Waals surface area contributed by atoms with Crippen LogP contribution in [-0.4, -0.2) is 0 Å². The fourth-order valence-electron chi connectivity index (χ4n) is 0.693. The molecule has 0 unspecified atom stereocenters. The molecule has 0 aromatic heterocycles. The van der Waals surface area contributed by atoms with Crippen LogP contribution in [0.15, 0.2) is 35.1 Å². The molecule has 0 aliphatic heterocycles. The van der Waals surface area contributed by atoms with E-state index in [1.165, 1.54) is 11.8 Å². The Kier molecular flexibility index (Phi) is 3.31. The van der Waals surface area contributed by atoms with Crippen LogP contribution in [0, 0.1) is 0 Å². The molecule has 0 fully saturated rings. The topological polar surface area (TPSA) is 0 Å². The van der Waals surface area contributed by atoms with Crippen molar-refractivity contribution in [3.05, 3.63) is 40.2 Å². The molecule has 0 nitrogen and oxygen atoms in total. The molecule has 0 heterocycles. The number of hydrogen-bond acceptors (Lipinski definition) is 1. The van der Waals surface area contributed by atoms with E-state index in [0.717, 1.165) is 4.90 Å². The van der Waals surface area contributed by atoms with Gasteiger partial charge in [0.1, 0.15) is 0 Å². The molecule has 0 bridgehead atoms. The Balaban J connectivity index is 2.98. The SMILES string of the molecule is C=CSc1cc(Cl)cc(Cl)c1. The zero-order valence-corrected chi connectivity index (χ0v) is 8.01. The summed E-state index contributed by atoms with van der Waals surface area (Å²) in [5.74, 6) is 0. The third-order valence-electron chi connectivity index (χ3n) is 1.06. The Morgan fingerprint density at radius 2 is 1.73 bits per heavy atom. The number of rotatable bonds is 2. The highest BCUT2D eigenvalue weighted by molar-refractivity contribution is 8.02. The van der Waals surface area contributed by atoms with Gasteiger partial charge in [-0.25, -0.2) is 0 Å². The summed E-state index contributed by atoms with van der Waals surface area (Å²) < 4.78 is 0. The van der Waals surface area contributed by atoms with Crippen molar-refractivity contribution in [1.82, 2.24) is 0 Å². The summed E-state index contributed by atoms with van der Waals surface area (Å²) in [5.41, 5.74) is 0. The molecular formula is C8H6Cl2S. The normalized spacial score (nSPS) is 9.64. The maximum atomic E-state index is 5.75. The van der Waals surface area contributed by atoms with Crippen LogP contribution >= 0.6 is 35.0 Å². The Morgan fingerprint density at radius 1 is 1.18 bits per heavy atom. The Hall–Kier alpha value is -0.110. The minimum Gasteiger partial charge on any atom is -0.0986 e. The molecule has 1 rings (SSSR count). The van der Waals surface area contributed by atoms with Crippen LogP contribution in [0.5, 0.6) is 0 Å². The molecule has 0 spiro atoms. The highest BCUT2D eigenvalue weighted by atomic mass is 35.5. The van der Waals surface area contributed by atoms with E-state index in [0.29, 0.717) is 10.0 Å². The lowest BCUT2D eigenvalue weighted by molar-refractivity contribution is 1.47. The summed E-state index contributed by atoms with van der Waals surface area (Å²) in [6.45, 7) is 3.59. The van der Waals surface area contributed by atoms with E-state index in [1.54, 1.807) is 11.5 Å². The predicted molar refractivity (Wildman–Crippen MR) is 52.5 cm³/mol. The number of benzene rings is 1. The maximum absolute atomic E-state index is 5.75. The van der Waals surface area contributed by atoms with Gasteiger partial charge in [-0.3, -0.25) is 0 Å². The third-order valence-corrected chi connectivity index (χ3v) is 2.17. The minimum atomic E-state index is 0.654. The van der Waals surface area contributed by atoms with E-state index in [2.05, 4.69) is 6.58 Å². The van der Waals surface area contributed by atoms with Crippen LogP contribution in [0.25, 0.3) is 0 Å². The van der Waals surface area contributed by atoms with Crippen molar-refractivity contribution in [1.29, 1.82) is 0 Å². The van der Waals surface area contributed by atoms with Crippen molar-refractivity contribution < 1.29 is 0 Å². The molecule has 1 aromatic carbocycles.